The average Bonchev–Trinajstić information content (AvgIpc) is 2.58. The number of aliphatic hydroxyl groups is 1. The van der Waals surface area contributed by atoms with Gasteiger partial charge < -0.3 is 15.2 Å². The minimum atomic E-state index is -5.41. The second-order valence-corrected chi connectivity index (χ2v) is 5.79. The smallest absolute Gasteiger partial charge is 0.437 e. The first-order chi connectivity index (χ1) is 12.4. The van der Waals surface area contributed by atoms with E-state index in [1.54, 1.807) is 0 Å². The summed E-state index contributed by atoms with van der Waals surface area (Å²) in [6.07, 6.45) is -5.41. The number of carbonyl (C=O) groups excluding carboxylic acids is 2. The largest absolute Gasteiger partial charge is 0.466 e. The van der Waals surface area contributed by atoms with Crippen LogP contribution in [0.5, 0.6) is 0 Å². The maximum Gasteiger partial charge on any atom is 0.437 e. The van der Waals surface area contributed by atoms with Crippen LogP contribution in [-0.4, -0.2) is 52.5 Å². The molecule has 0 saturated carbocycles. The molecular formula is C15H16F3N3O6. The number of carbonyl (C=O) groups is 2. The Morgan fingerprint density at radius 2 is 2.11 bits per heavy atom. The van der Waals surface area contributed by atoms with Crippen molar-refractivity contribution in [2.45, 2.75) is 24.9 Å². The zero-order valence-corrected chi connectivity index (χ0v) is 14.2. The summed E-state index contributed by atoms with van der Waals surface area (Å²) >= 11 is 0. The molecule has 0 spiro atoms. The number of esters is 1. The van der Waals surface area contributed by atoms with Crippen LogP contribution in [0.25, 0.3) is 0 Å². The summed E-state index contributed by atoms with van der Waals surface area (Å²) in [4.78, 5) is 34.5. The number of non-ortho nitro benzene ring substituents is 1. The molecule has 1 heterocycles. The van der Waals surface area contributed by atoms with Gasteiger partial charge in [0.15, 0.2) is 0 Å². The van der Waals surface area contributed by atoms with Crippen molar-refractivity contribution in [1.29, 1.82) is 0 Å². The van der Waals surface area contributed by atoms with E-state index in [0.29, 0.717) is 7.05 Å². The fourth-order valence-electron chi connectivity index (χ4n) is 2.92. The van der Waals surface area contributed by atoms with Crippen molar-refractivity contribution in [3.8, 4) is 0 Å². The van der Waals surface area contributed by atoms with Crippen LogP contribution in [0.2, 0.25) is 0 Å². The van der Waals surface area contributed by atoms with Gasteiger partial charge in [0.25, 0.3) is 11.4 Å². The predicted octanol–water partition coefficient (Wildman–Crippen LogP) is 1.72. The van der Waals surface area contributed by atoms with Crippen molar-refractivity contribution in [2.24, 2.45) is 5.92 Å². The van der Waals surface area contributed by atoms with Gasteiger partial charge in [-0.1, -0.05) is 12.1 Å². The standard InChI is InChI=1S/C15H16F3N3O6/c1-3-27-12(22)10-11(8-5-4-6-9(7-8)21(25)26)19-13(23)20(2)14(10,24)15(16,17)18/h4-7,10-11,24H,3H2,1-2H3,(H,19,23)/t10-,11+,14-/m0/s1. The molecule has 0 aliphatic carbocycles. The molecule has 2 amide bonds. The molecular weight excluding hydrogens is 375 g/mol. The van der Waals surface area contributed by atoms with E-state index >= 15 is 0 Å². The molecule has 1 saturated heterocycles. The average molecular weight is 391 g/mol. The molecule has 1 aliphatic rings. The van der Waals surface area contributed by atoms with Gasteiger partial charge in [0, 0.05) is 19.2 Å². The fraction of sp³-hybridized carbons (Fsp3) is 0.467. The van der Waals surface area contributed by atoms with E-state index in [2.05, 4.69) is 10.1 Å². The third kappa shape index (κ3) is 3.39. The number of nitro groups is 1. The van der Waals surface area contributed by atoms with Crippen LogP contribution in [0.1, 0.15) is 18.5 Å². The maximum atomic E-state index is 13.7. The summed E-state index contributed by atoms with van der Waals surface area (Å²) in [7, 11) is 0.679. The molecule has 0 unspecified atom stereocenters. The van der Waals surface area contributed by atoms with E-state index in [9.17, 15) is 38.0 Å². The Labute approximate surface area is 150 Å². The molecule has 0 bridgehead atoms. The minimum absolute atomic E-state index is 0.0392. The minimum Gasteiger partial charge on any atom is -0.466 e. The maximum absolute atomic E-state index is 13.7. The molecule has 1 aliphatic heterocycles. The number of urea groups is 1. The van der Waals surface area contributed by atoms with Gasteiger partial charge in [-0.25, -0.2) is 4.79 Å². The second kappa shape index (κ2) is 7.02. The molecule has 1 fully saturated rings. The Morgan fingerprint density at radius 1 is 1.48 bits per heavy atom. The Morgan fingerprint density at radius 3 is 2.63 bits per heavy atom. The van der Waals surface area contributed by atoms with Crippen molar-refractivity contribution < 1.29 is 37.5 Å². The molecule has 27 heavy (non-hydrogen) atoms. The fourth-order valence-corrected chi connectivity index (χ4v) is 2.92. The lowest BCUT2D eigenvalue weighted by molar-refractivity contribution is -0.385. The van der Waals surface area contributed by atoms with Crippen LogP contribution in [0.3, 0.4) is 0 Å². The first kappa shape index (κ1) is 20.4. The second-order valence-electron chi connectivity index (χ2n) is 5.79. The van der Waals surface area contributed by atoms with Crippen molar-refractivity contribution >= 4 is 17.7 Å². The van der Waals surface area contributed by atoms with Gasteiger partial charge >= 0.3 is 18.2 Å². The third-order valence-electron chi connectivity index (χ3n) is 4.26. The summed E-state index contributed by atoms with van der Waals surface area (Å²) in [5, 5.41) is 23.5. The number of halogens is 3. The van der Waals surface area contributed by atoms with Gasteiger partial charge in [0.05, 0.1) is 17.6 Å². The van der Waals surface area contributed by atoms with E-state index in [0.717, 1.165) is 12.1 Å². The van der Waals surface area contributed by atoms with E-state index in [1.807, 2.05) is 0 Å². The molecule has 2 N–H and O–H groups in total. The number of alkyl halides is 3. The Bertz CT molecular complexity index is 771. The topological polar surface area (TPSA) is 122 Å². The first-order valence-corrected chi connectivity index (χ1v) is 7.69. The summed E-state index contributed by atoms with van der Waals surface area (Å²) in [5.41, 5.74) is -4.50. The van der Waals surface area contributed by atoms with Gasteiger partial charge in [-0.15, -0.1) is 0 Å². The highest BCUT2D eigenvalue weighted by Gasteiger charge is 2.69. The van der Waals surface area contributed by atoms with Crippen LogP contribution in [0.15, 0.2) is 24.3 Å². The van der Waals surface area contributed by atoms with E-state index in [-0.39, 0.29) is 17.1 Å². The van der Waals surface area contributed by atoms with Gasteiger partial charge in [-0.05, 0) is 12.5 Å². The zero-order valence-electron chi connectivity index (χ0n) is 14.2. The summed E-state index contributed by atoms with van der Waals surface area (Å²) in [6.45, 7) is 1.08. The Hall–Kier alpha value is -2.89. The highest BCUT2D eigenvalue weighted by molar-refractivity contribution is 5.83. The molecule has 9 nitrogen and oxygen atoms in total. The number of benzene rings is 1. The molecule has 2 rings (SSSR count). The number of nitrogens with zero attached hydrogens (tertiary/aromatic N) is 2. The van der Waals surface area contributed by atoms with Crippen molar-refractivity contribution in [1.82, 2.24) is 10.2 Å². The predicted molar refractivity (Wildman–Crippen MR) is 83.3 cm³/mol. The van der Waals surface area contributed by atoms with Crippen molar-refractivity contribution in [3.05, 3.63) is 39.9 Å². The van der Waals surface area contributed by atoms with Gasteiger partial charge in [0.2, 0.25) is 0 Å². The number of hydrogen-bond acceptors (Lipinski definition) is 6. The molecule has 0 aromatic heterocycles. The van der Waals surface area contributed by atoms with Crippen molar-refractivity contribution in [2.75, 3.05) is 13.7 Å². The van der Waals surface area contributed by atoms with Gasteiger partial charge in [-0.2, -0.15) is 13.2 Å². The molecule has 1 aromatic carbocycles. The quantitative estimate of drug-likeness (QED) is 0.458. The molecule has 148 valence electrons. The molecule has 0 radical (unpaired) electrons. The van der Waals surface area contributed by atoms with Crippen LogP contribution >= 0.6 is 0 Å². The van der Waals surface area contributed by atoms with Crippen LogP contribution in [-0.2, 0) is 9.53 Å². The number of rotatable bonds is 4. The summed E-state index contributed by atoms with van der Waals surface area (Å²) in [6, 6.07) is 1.37. The number of hydrogen-bond donors (Lipinski definition) is 2. The number of ether oxygens (including phenoxy) is 1. The normalized spacial score (nSPS) is 25.7. The Balaban J connectivity index is 2.67. The monoisotopic (exact) mass is 391 g/mol. The Kier molecular flexibility index (Phi) is 5.31. The summed E-state index contributed by atoms with van der Waals surface area (Å²) in [5.74, 6) is -3.73. The lowest BCUT2D eigenvalue weighted by Gasteiger charge is -2.49. The molecule has 12 heteroatoms. The van der Waals surface area contributed by atoms with E-state index < -0.39 is 46.5 Å². The third-order valence-corrected chi connectivity index (χ3v) is 4.26. The number of amides is 2. The first-order valence-electron chi connectivity index (χ1n) is 7.69. The van der Waals surface area contributed by atoms with Gasteiger partial charge in [0.1, 0.15) is 5.92 Å². The van der Waals surface area contributed by atoms with Crippen LogP contribution in [0, 0.1) is 16.0 Å². The highest BCUT2D eigenvalue weighted by atomic mass is 19.4. The number of nitrogens with one attached hydrogen (secondary N) is 1. The van der Waals surface area contributed by atoms with Gasteiger partial charge in [-0.3, -0.25) is 19.8 Å². The van der Waals surface area contributed by atoms with Crippen LogP contribution in [0.4, 0.5) is 23.7 Å². The number of nitro benzene ring substituents is 1. The molecule has 3 atom stereocenters. The van der Waals surface area contributed by atoms with E-state index in [4.69, 9.17) is 0 Å². The SMILES string of the molecule is CCOC(=O)[C@@H]1[C@@H](c2cccc([N+](=O)[O-])c2)NC(=O)N(C)[C@@]1(O)C(F)(F)F. The van der Waals surface area contributed by atoms with Crippen LogP contribution < -0.4 is 5.32 Å². The van der Waals surface area contributed by atoms with Crippen molar-refractivity contribution in [3.63, 3.8) is 0 Å². The lowest BCUT2D eigenvalue weighted by Crippen LogP contribution is -2.73. The summed E-state index contributed by atoms with van der Waals surface area (Å²) < 4.78 is 45.8. The highest BCUT2D eigenvalue weighted by Crippen LogP contribution is 2.47. The molecule has 1 aromatic rings. The zero-order chi connectivity index (χ0) is 20.6. The van der Waals surface area contributed by atoms with E-state index in [1.165, 1.54) is 19.1 Å². The lowest BCUT2D eigenvalue weighted by atomic mass is 9.81.